The van der Waals surface area contributed by atoms with E-state index >= 15 is 0 Å². The lowest BCUT2D eigenvalue weighted by molar-refractivity contribution is -0.395. The van der Waals surface area contributed by atoms with Gasteiger partial charge in [0, 0.05) is 20.8 Å². The molecule has 0 bridgehead atoms. The summed E-state index contributed by atoms with van der Waals surface area (Å²) in [6.07, 6.45) is -63.7. The third-order valence-corrected chi connectivity index (χ3v) is 15.7. The van der Waals surface area contributed by atoms with Crippen LogP contribution in [-0.4, -0.2) is 381 Å². The fourth-order valence-electron chi connectivity index (χ4n) is 11.1. The van der Waals surface area contributed by atoms with Crippen LogP contribution in [0.15, 0.2) is 0 Å². The predicted molar refractivity (Wildman–Crippen MR) is 267 cm³/mol. The number of ether oxygens (including phenoxy) is 13. The molecule has 7 aliphatic rings. The van der Waals surface area contributed by atoms with E-state index in [0.29, 0.717) is 0 Å². The minimum atomic E-state index is -2.38. The normalized spacial score (nSPS) is 48.9. The van der Waals surface area contributed by atoms with E-state index in [1.807, 2.05) is 0 Å². The van der Waals surface area contributed by atoms with Gasteiger partial charge in [-0.3, -0.25) is 14.4 Å². The average molecular weight is 1280 g/mol. The van der Waals surface area contributed by atoms with Gasteiger partial charge in [0.2, 0.25) is 17.7 Å². The molecule has 0 spiro atoms. The van der Waals surface area contributed by atoms with Gasteiger partial charge in [-0.25, -0.2) is 0 Å². The molecule has 23 N–H and O–H groups in total. The Kier molecular flexibility index (Phi) is 25.6. The zero-order chi connectivity index (χ0) is 64.2. The second kappa shape index (κ2) is 31.1. The quantitative estimate of drug-likeness (QED) is 0.0479. The van der Waals surface area contributed by atoms with Crippen LogP contribution in [-0.2, 0) is 76.0 Å². The maximum Gasteiger partial charge on any atom is 0.217 e. The molecular formula is C48H81N3O36. The number of amides is 3. The molecule has 35 atom stereocenters. The number of aliphatic hydroxyl groups excluding tert-OH is 20. The van der Waals surface area contributed by atoms with Gasteiger partial charge >= 0.3 is 0 Å². The minimum absolute atomic E-state index is 0.800. The lowest BCUT2D eigenvalue weighted by atomic mass is 9.94. The molecule has 7 rings (SSSR count). The van der Waals surface area contributed by atoms with E-state index in [-0.39, 0.29) is 0 Å². The van der Waals surface area contributed by atoms with Crippen LogP contribution in [0, 0.1) is 0 Å². The molecule has 87 heavy (non-hydrogen) atoms. The van der Waals surface area contributed by atoms with E-state index in [4.69, 9.17) is 61.6 Å². The lowest BCUT2D eigenvalue weighted by Crippen LogP contribution is -2.70. The number of carbonyl (C=O) groups is 3. The number of aliphatic hydroxyl groups is 20. The summed E-state index contributed by atoms with van der Waals surface area (Å²) in [5.41, 5.74) is 0. The lowest BCUT2D eigenvalue weighted by Gasteiger charge is -2.50. The SMILES string of the molecule is CC(=O)N[C@@H]1[C@@H](O)[C@H](O[C@@H]2O[C@H](CO[C@H]3O[C@H](CO)[C@@H](O)[C@H](O)[C@@H]3O[C@@H]3O[C@H](CO)[C@@H](O[C@@H]4O[C@H](CO)[C@H](O)[C@H](O)[C@H]4O)[C@H](O)[C@H]3NC(C)=O)[C@@H](O)[C@H](O[C@H]3O[C@H](CO)[C@@H](O)[C@H](O)[C@@H]3O[C@@H]3O[C@H](CO)[C@@H](O)[C@H](O)[C@H]3NC(C)=O)[C@@H]2O)[C@@H](CO)O[C@H]1O. The Labute approximate surface area is 492 Å². The fraction of sp³-hybridized carbons (Fsp3) is 0.938. The van der Waals surface area contributed by atoms with Crippen molar-refractivity contribution >= 4 is 17.7 Å². The van der Waals surface area contributed by atoms with Crippen molar-refractivity contribution in [1.82, 2.24) is 16.0 Å². The molecule has 0 aromatic carbocycles. The van der Waals surface area contributed by atoms with Crippen molar-refractivity contribution in [3.8, 4) is 0 Å². The van der Waals surface area contributed by atoms with Crippen LogP contribution in [0.2, 0.25) is 0 Å². The van der Waals surface area contributed by atoms with Crippen molar-refractivity contribution in [2.75, 3.05) is 46.2 Å². The van der Waals surface area contributed by atoms with Gasteiger partial charge in [-0.1, -0.05) is 0 Å². The van der Waals surface area contributed by atoms with Crippen molar-refractivity contribution in [1.29, 1.82) is 0 Å². The minimum Gasteiger partial charge on any atom is -0.394 e. The maximum absolute atomic E-state index is 12.7. The zero-order valence-electron chi connectivity index (χ0n) is 46.6. The maximum atomic E-state index is 12.7. The van der Waals surface area contributed by atoms with E-state index in [1.54, 1.807) is 0 Å². The third-order valence-electron chi connectivity index (χ3n) is 15.7. The van der Waals surface area contributed by atoms with Gasteiger partial charge in [0.1, 0.15) is 171 Å². The van der Waals surface area contributed by atoms with Gasteiger partial charge in [0.15, 0.2) is 44.0 Å². The summed E-state index contributed by atoms with van der Waals surface area (Å²) in [4.78, 5) is 37.1. The largest absolute Gasteiger partial charge is 0.394 e. The molecule has 0 unspecified atom stereocenters. The first-order chi connectivity index (χ1) is 41.1. The molecule has 39 nitrogen and oxygen atoms in total. The summed E-state index contributed by atoms with van der Waals surface area (Å²) in [7, 11) is 0. The highest BCUT2D eigenvalue weighted by Crippen LogP contribution is 2.38. The van der Waals surface area contributed by atoms with E-state index < -0.39 is 279 Å². The van der Waals surface area contributed by atoms with Gasteiger partial charge in [-0.15, -0.1) is 0 Å². The highest BCUT2D eigenvalue weighted by molar-refractivity contribution is 5.74. The molecular weight excluding hydrogens is 1190 g/mol. The Balaban J connectivity index is 1.21. The van der Waals surface area contributed by atoms with Crippen molar-refractivity contribution in [3.05, 3.63) is 0 Å². The molecule has 7 heterocycles. The van der Waals surface area contributed by atoms with Crippen LogP contribution in [0.5, 0.6) is 0 Å². The van der Waals surface area contributed by atoms with E-state index in [2.05, 4.69) is 16.0 Å². The van der Waals surface area contributed by atoms with Crippen LogP contribution < -0.4 is 16.0 Å². The molecule has 7 saturated heterocycles. The second-order valence-corrected chi connectivity index (χ2v) is 21.8. The summed E-state index contributed by atoms with van der Waals surface area (Å²) in [5.74, 6) is -2.50. The molecule has 0 aliphatic carbocycles. The molecule has 39 heteroatoms. The second-order valence-electron chi connectivity index (χ2n) is 21.8. The monoisotopic (exact) mass is 1280 g/mol. The van der Waals surface area contributed by atoms with Crippen LogP contribution in [0.1, 0.15) is 20.8 Å². The highest BCUT2D eigenvalue weighted by atomic mass is 16.8. The number of hydrogen-bond donors (Lipinski definition) is 23. The average Bonchev–Trinajstić information content (AvgIpc) is 3.40. The topological polar surface area (TPSA) is 612 Å². The highest BCUT2D eigenvalue weighted by Gasteiger charge is 2.59. The van der Waals surface area contributed by atoms with Crippen LogP contribution in [0.25, 0.3) is 0 Å². The molecule has 0 aromatic heterocycles. The van der Waals surface area contributed by atoms with Crippen LogP contribution in [0.4, 0.5) is 0 Å². The van der Waals surface area contributed by atoms with E-state index in [0.717, 1.165) is 20.8 Å². The summed E-state index contributed by atoms with van der Waals surface area (Å²) >= 11 is 0. The summed E-state index contributed by atoms with van der Waals surface area (Å²) in [5, 5.41) is 225. The first kappa shape index (κ1) is 71.5. The van der Waals surface area contributed by atoms with Gasteiger partial charge in [0.25, 0.3) is 0 Å². The Morgan fingerprint density at radius 3 is 1.11 bits per heavy atom. The smallest absolute Gasteiger partial charge is 0.217 e. The predicted octanol–water partition coefficient (Wildman–Crippen LogP) is -15.8. The van der Waals surface area contributed by atoms with Gasteiger partial charge < -0.3 is 180 Å². The van der Waals surface area contributed by atoms with E-state index in [1.165, 1.54) is 0 Å². The molecule has 0 aromatic rings. The summed E-state index contributed by atoms with van der Waals surface area (Å²) in [6, 6.07) is -5.21. The Morgan fingerprint density at radius 1 is 0.299 bits per heavy atom. The first-order valence-corrected chi connectivity index (χ1v) is 27.6. The fourth-order valence-corrected chi connectivity index (χ4v) is 11.1. The molecule has 0 saturated carbocycles. The van der Waals surface area contributed by atoms with Crippen molar-refractivity contribution in [2.45, 2.75) is 236 Å². The molecule has 7 fully saturated rings. The van der Waals surface area contributed by atoms with Crippen LogP contribution >= 0.6 is 0 Å². The standard InChI is InChI=1S/C48H81N3O36/c1-11(58)49-21-30(67)37(18(8-56)76-42(21)74)84-46-36(73)39(85-48-41(34(71)27(64)17(7-55)80-48)87-43-22(50-12(2)59)29(66)24(61)14(4-52)77-43)28(65)20(82-46)10-75-47-40(33(70)26(63)16(6-54)79-47)86-44-23(51-13(3)60)31(68)38(19(9-57)81-44)83-45-35(72)32(69)25(62)15(5-53)78-45/h14-48,52-57,61-74H,4-10H2,1-3H3,(H,49,58)(H,50,59)(H,51,60)/t14-,15-,16-,17-,18-,19-,20-,21-,22-,23-,24-,25+,26-,27-,28-,29-,30-,31-,32+,33+,34+,35-,36+,37-,38-,39+,40+,41+,42-,43+,44+,45+,46+,47+,48-/m1/s1. The van der Waals surface area contributed by atoms with Crippen LogP contribution in [0.3, 0.4) is 0 Å². The van der Waals surface area contributed by atoms with Gasteiger partial charge in [-0.05, 0) is 0 Å². The first-order valence-electron chi connectivity index (χ1n) is 27.6. The molecule has 0 radical (unpaired) electrons. The van der Waals surface area contributed by atoms with E-state index in [9.17, 15) is 117 Å². The Morgan fingerprint density at radius 2 is 0.632 bits per heavy atom. The summed E-state index contributed by atoms with van der Waals surface area (Å²) < 4.78 is 75.8. The number of nitrogens with one attached hydrogen (secondary N) is 3. The van der Waals surface area contributed by atoms with Gasteiger partial charge in [0.05, 0.1) is 46.2 Å². The Bertz CT molecular complexity index is 2190. The molecule has 3 amide bonds. The zero-order valence-corrected chi connectivity index (χ0v) is 46.6. The Hall–Kier alpha value is -2.91. The van der Waals surface area contributed by atoms with Crippen molar-refractivity contribution < 1.29 is 178 Å². The molecule has 504 valence electrons. The molecule has 7 aliphatic heterocycles. The number of carbonyl (C=O) groups excluding carboxylic acids is 3. The summed E-state index contributed by atoms with van der Waals surface area (Å²) in [6.45, 7) is -4.10. The number of hydrogen-bond acceptors (Lipinski definition) is 36. The van der Waals surface area contributed by atoms with Gasteiger partial charge in [-0.2, -0.15) is 0 Å². The third kappa shape index (κ3) is 15.8. The van der Waals surface area contributed by atoms with Crippen molar-refractivity contribution in [3.63, 3.8) is 0 Å². The van der Waals surface area contributed by atoms with Crippen molar-refractivity contribution in [2.24, 2.45) is 0 Å². The number of rotatable bonds is 22.